The van der Waals surface area contributed by atoms with E-state index in [0.29, 0.717) is 18.5 Å². The summed E-state index contributed by atoms with van der Waals surface area (Å²) in [6.07, 6.45) is 4.35. The predicted molar refractivity (Wildman–Crippen MR) is 125 cm³/mol. The molecule has 8 nitrogen and oxygen atoms in total. The van der Waals surface area contributed by atoms with Gasteiger partial charge in [-0.3, -0.25) is 24.7 Å². The van der Waals surface area contributed by atoms with E-state index in [2.05, 4.69) is 10.3 Å². The van der Waals surface area contributed by atoms with Crippen molar-refractivity contribution in [2.45, 2.75) is 25.4 Å². The summed E-state index contributed by atoms with van der Waals surface area (Å²) in [5.74, 6) is -0.0476. The minimum atomic E-state index is -0.623. The highest BCUT2D eigenvalue weighted by molar-refractivity contribution is 6.05. The minimum absolute atomic E-state index is 0.180. The Kier molecular flexibility index (Phi) is 4.55. The van der Waals surface area contributed by atoms with Crippen LogP contribution in [-0.2, 0) is 23.2 Å². The van der Waals surface area contributed by atoms with Crippen molar-refractivity contribution in [1.82, 2.24) is 24.8 Å². The molecular formula is C26H21N5O3. The number of fused-ring (bicyclic) bond motifs is 2. The Hall–Kier alpha value is -4.33. The molecule has 0 aliphatic carbocycles. The van der Waals surface area contributed by atoms with Crippen molar-refractivity contribution in [2.24, 2.45) is 7.05 Å². The number of imidazole rings is 1. The van der Waals surface area contributed by atoms with E-state index in [9.17, 15) is 14.4 Å². The van der Waals surface area contributed by atoms with E-state index in [1.165, 1.54) is 0 Å². The average molecular weight is 451 g/mol. The molecule has 34 heavy (non-hydrogen) atoms. The number of nitrogens with one attached hydrogen (secondary N) is 1. The lowest BCUT2D eigenvalue weighted by atomic mass is 10.0. The number of hydrogen-bond donors (Lipinski definition) is 1. The first-order valence-electron chi connectivity index (χ1n) is 11.1. The molecule has 2 aromatic carbocycles. The van der Waals surface area contributed by atoms with Crippen LogP contribution in [0.3, 0.4) is 0 Å². The molecule has 0 bridgehead atoms. The number of rotatable bonds is 3. The van der Waals surface area contributed by atoms with Gasteiger partial charge in [0.2, 0.25) is 11.8 Å². The molecular weight excluding hydrogens is 430 g/mol. The summed E-state index contributed by atoms with van der Waals surface area (Å²) in [5, 5.41) is 3.37. The number of para-hydroxylation sites is 1. The van der Waals surface area contributed by atoms with Crippen LogP contribution in [0.5, 0.6) is 0 Å². The average Bonchev–Trinajstić information content (AvgIpc) is 3.38. The van der Waals surface area contributed by atoms with Crippen LogP contribution in [0, 0.1) is 0 Å². The fourth-order valence-corrected chi connectivity index (χ4v) is 4.88. The largest absolute Gasteiger partial charge is 0.333 e. The van der Waals surface area contributed by atoms with Gasteiger partial charge in [0.1, 0.15) is 11.9 Å². The van der Waals surface area contributed by atoms with E-state index < -0.39 is 11.9 Å². The second kappa shape index (κ2) is 7.62. The monoisotopic (exact) mass is 451 g/mol. The van der Waals surface area contributed by atoms with Crippen LogP contribution in [0.25, 0.3) is 33.5 Å². The third-order valence-electron chi connectivity index (χ3n) is 6.59. The Balaban J connectivity index is 1.33. The number of carbonyl (C=O) groups excluding carboxylic acids is 3. The lowest BCUT2D eigenvalue weighted by Gasteiger charge is -2.29. The van der Waals surface area contributed by atoms with Crippen LogP contribution in [0.4, 0.5) is 0 Å². The zero-order valence-electron chi connectivity index (χ0n) is 18.5. The SMILES string of the molecule is Cn1cc(-c2ccc3c(c2)CN(C2CCC(=O)NC2=O)C3=O)nc1-c1ccnc2ccccc12. The van der Waals surface area contributed by atoms with Gasteiger partial charge in [-0.15, -0.1) is 0 Å². The van der Waals surface area contributed by atoms with E-state index in [1.54, 1.807) is 17.2 Å². The molecule has 1 atom stereocenters. The van der Waals surface area contributed by atoms with Crippen molar-refractivity contribution in [3.05, 3.63) is 72.1 Å². The minimum Gasteiger partial charge on any atom is -0.333 e. The molecule has 2 aromatic heterocycles. The van der Waals surface area contributed by atoms with Crippen molar-refractivity contribution < 1.29 is 14.4 Å². The van der Waals surface area contributed by atoms with Gasteiger partial charge in [0.05, 0.1) is 11.2 Å². The summed E-state index contributed by atoms with van der Waals surface area (Å²) in [7, 11) is 1.96. The molecule has 6 rings (SSSR count). The van der Waals surface area contributed by atoms with E-state index >= 15 is 0 Å². The molecule has 0 spiro atoms. The zero-order valence-corrected chi connectivity index (χ0v) is 18.5. The Labute approximate surface area is 195 Å². The molecule has 168 valence electrons. The molecule has 3 amide bonds. The summed E-state index contributed by atoms with van der Waals surface area (Å²) in [6.45, 7) is 0.336. The summed E-state index contributed by atoms with van der Waals surface area (Å²) >= 11 is 0. The number of pyridine rings is 1. The number of imide groups is 1. The van der Waals surface area contributed by atoms with Crippen LogP contribution in [0.1, 0.15) is 28.8 Å². The summed E-state index contributed by atoms with van der Waals surface area (Å²) < 4.78 is 1.99. The maximum absolute atomic E-state index is 13.0. The van der Waals surface area contributed by atoms with Gasteiger partial charge in [-0.05, 0) is 36.2 Å². The molecule has 2 aliphatic heterocycles. The number of aryl methyl sites for hydroxylation is 1. The molecule has 8 heteroatoms. The lowest BCUT2D eigenvalue weighted by molar-refractivity contribution is -0.136. The van der Waals surface area contributed by atoms with Gasteiger partial charge in [0.25, 0.3) is 5.91 Å². The van der Waals surface area contributed by atoms with Gasteiger partial charge in [0.15, 0.2) is 0 Å². The molecule has 0 saturated carbocycles. The van der Waals surface area contributed by atoms with E-state index in [-0.39, 0.29) is 18.2 Å². The van der Waals surface area contributed by atoms with Gasteiger partial charge in [0, 0.05) is 54.5 Å². The van der Waals surface area contributed by atoms with Gasteiger partial charge in [-0.25, -0.2) is 4.98 Å². The van der Waals surface area contributed by atoms with Crippen LogP contribution >= 0.6 is 0 Å². The summed E-state index contributed by atoms with van der Waals surface area (Å²) in [4.78, 5) is 47.7. The van der Waals surface area contributed by atoms with E-state index in [4.69, 9.17) is 4.98 Å². The number of piperidine rings is 1. The lowest BCUT2D eigenvalue weighted by Crippen LogP contribution is -2.52. The molecule has 1 N–H and O–H groups in total. The second-order valence-electron chi connectivity index (χ2n) is 8.71. The maximum atomic E-state index is 13.0. The van der Waals surface area contributed by atoms with E-state index in [1.807, 2.05) is 60.3 Å². The molecule has 4 heterocycles. The molecule has 1 unspecified atom stereocenters. The fourth-order valence-electron chi connectivity index (χ4n) is 4.88. The highest BCUT2D eigenvalue weighted by Gasteiger charge is 2.39. The number of hydrogen-bond acceptors (Lipinski definition) is 5. The molecule has 0 radical (unpaired) electrons. The summed E-state index contributed by atoms with van der Waals surface area (Å²) in [5.41, 5.74) is 5.05. The van der Waals surface area contributed by atoms with Gasteiger partial charge < -0.3 is 9.47 Å². The van der Waals surface area contributed by atoms with Crippen molar-refractivity contribution in [2.75, 3.05) is 0 Å². The smallest absolute Gasteiger partial charge is 0.255 e. The predicted octanol–water partition coefficient (Wildman–Crippen LogP) is 3.06. The Morgan fingerprint density at radius 3 is 2.74 bits per heavy atom. The van der Waals surface area contributed by atoms with Gasteiger partial charge in [-0.1, -0.05) is 24.3 Å². The summed E-state index contributed by atoms with van der Waals surface area (Å²) in [6, 6.07) is 15.0. The number of benzene rings is 2. The Morgan fingerprint density at radius 2 is 1.88 bits per heavy atom. The van der Waals surface area contributed by atoms with Crippen LogP contribution < -0.4 is 5.32 Å². The Morgan fingerprint density at radius 1 is 1.03 bits per heavy atom. The molecule has 1 saturated heterocycles. The van der Waals surface area contributed by atoms with Crippen LogP contribution in [0.15, 0.2) is 60.9 Å². The maximum Gasteiger partial charge on any atom is 0.255 e. The number of carbonyl (C=O) groups is 3. The van der Waals surface area contributed by atoms with Crippen LogP contribution in [0.2, 0.25) is 0 Å². The topological polar surface area (TPSA) is 97.2 Å². The standard InChI is InChI=1S/C26H21N5O3/c1-30-14-21(28-24(30)19-10-11-27-20-5-3-2-4-18(19)20)15-6-7-17-16(12-15)13-31(26(17)34)22-8-9-23(32)29-25(22)33/h2-7,10-12,14,22H,8-9,13H2,1H3,(H,29,32,33). The van der Waals surface area contributed by atoms with E-state index in [0.717, 1.165) is 39.1 Å². The van der Waals surface area contributed by atoms with Gasteiger partial charge >= 0.3 is 0 Å². The molecule has 4 aromatic rings. The fraction of sp³-hybridized carbons (Fsp3) is 0.192. The number of nitrogens with zero attached hydrogens (tertiary/aromatic N) is 4. The highest BCUT2D eigenvalue weighted by Crippen LogP contribution is 2.33. The first kappa shape index (κ1) is 20.3. The highest BCUT2D eigenvalue weighted by atomic mass is 16.2. The van der Waals surface area contributed by atoms with Crippen molar-refractivity contribution >= 4 is 28.6 Å². The second-order valence-corrected chi connectivity index (χ2v) is 8.71. The third kappa shape index (κ3) is 3.18. The molecule has 1 fully saturated rings. The number of aromatic nitrogens is 3. The zero-order chi connectivity index (χ0) is 23.4. The Bertz CT molecular complexity index is 1500. The van der Waals surface area contributed by atoms with Crippen molar-refractivity contribution in [3.63, 3.8) is 0 Å². The third-order valence-corrected chi connectivity index (χ3v) is 6.59. The first-order valence-corrected chi connectivity index (χ1v) is 11.1. The quantitative estimate of drug-likeness (QED) is 0.483. The normalized spacial score (nSPS) is 17.9. The molecule has 2 aliphatic rings. The van der Waals surface area contributed by atoms with Crippen molar-refractivity contribution in [1.29, 1.82) is 0 Å². The van der Waals surface area contributed by atoms with Crippen LogP contribution in [-0.4, -0.2) is 43.2 Å². The number of amides is 3. The first-order chi connectivity index (χ1) is 16.5. The van der Waals surface area contributed by atoms with Crippen molar-refractivity contribution in [3.8, 4) is 22.6 Å². The van der Waals surface area contributed by atoms with Gasteiger partial charge in [-0.2, -0.15) is 0 Å².